The Morgan fingerprint density at radius 1 is 1.10 bits per heavy atom. The van der Waals surface area contributed by atoms with Crippen molar-refractivity contribution < 1.29 is 9.47 Å². The average Bonchev–Trinajstić information content (AvgIpc) is 2.48. The summed E-state index contributed by atoms with van der Waals surface area (Å²) in [5.41, 5.74) is 0.896. The Morgan fingerprint density at radius 3 is 2.65 bits per heavy atom. The lowest BCUT2D eigenvalue weighted by Crippen LogP contribution is -2.32. The second-order valence-corrected chi connectivity index (χ2v) is 6.31. The van der Waals surface area contributed by atoms with E-state index in [1.807, 2.05) is 30.3 Å². The van der Waals surface area contributed by atoms with E-state index in [0.29, 0.717) is 16.7 Å². The maximum atomic E-state index is 6.23. The van der Waals surface area contributed by atoms with Crippen molar-refractivity contribution in [3.05, 3.63) is 58.1 Å². The number of fused-ring (bicyclic) bond motifs is 1. The van der Waals surface area contributed by atoms with Crippen LogP contribution in [0.15, 0.2) is 42.5 Å². The topological polar surface area (TPSA) is 18.5 Å². The van der Waals surface area contributed by atoms with Crippen LogP contribution in [0.4, 0.5) is 0 Å². The van der Waals surface area contributed by atoms with Gasteiger partial charge in [-0.25, -0.2) is 0 Å². The average molecular weight is 374 g/mol. The Hall–Kier alpha value is -0.900. The minimum Gasteiger partial charge on any atom is -0.486 e. The van der Waals surface area contributed by atoms with Crippen LogP contribution >= 0.6 is 39.1 Å². The summed E-state index contributed by atoms with van der Waals surface area (Å²) in [5, 5.41) is 1.30. The van der Waals surface area contributed by atoms with Crippen LogP contribution in [0.1, 0.15) is 10.4 Å². The normalized spacial score (nSPS) is 18.6. The molecule has 5 heteroatoms. The smallest absolute Gasteiger partial charge is 0.161 e. The first-order valence-corrected chi connectivity index (χ1v) is 7.80. The van der Waals surface area contributed by atoms with Crippen molar-refractivity contribution in [2.45, 2.75) is 10.9 Å². The fourth-order valence-corrected chi connectivity index (χ4v) is 3.29. The number of benzene rings is 2. The minimum atomic E-state index is -0.166. The van der Waals surface area contributed by atoms with E-state index in [-0.39, 0.29) is 10.9 Å². The Morgan fingerprint density at radius 2 is 1.85 bits per heavy atom. The summed E-state index contributed by atoms with van der Waals surface area (Å²) in [4.78, 5) is -0.0953. The molecule has 2 nitrogen and oxygen atoms in total. The van der Waals surface area contributed by atoms with Crippen molar-refractivity contribution in [1.29, 1.82) is 0 Å². The summed E-state index contributed by atoms with van der Waals surface area (Å²) < 4.78 is 11.7. The van der Waals surface area contributed by atoms with Crippen LogP contribution < -0.4 is 9.47 Å². The Balaban J connectivity index is 1.85. The van der Waals surface area contributed by atoms with Crippen LogP contribution in [0.2, 0.25) is 10.0 Å². The van der Waals surface area contributed by atoms with Gasteiger partial charge in [-0.2, -0.15) is 0 Å². The number of para-hydroxylation sites is 2. The Bertz CT molecular complexity index is 633. The highest BCUT2D eigenvalue weighted by Crippen LogP contribution is 2.40. The molecule has 0 aromatic heterocycles. The summed E-state index contributed by atoms with van der Waals surface area (Å²) in [6.07, 6.45) is -0.166. The highest BCUT2D eigenvalue weighted by molar-refractivity contribution is 9.09. The lowest BCUT2D eigenvalue weighted by atomic mass is 10.1. The monoisotopic (exact) mass is 372 g/mol. The molecule has 1 aliphatic rings. The molecule has 0 amide bonds. The molecule has 2 atom stereocenters. The van der Waals surface area contributed by atoms with Gasteiger partial charge in [-0.1, -0.05) is 51.3 Å². The summed E-state index contributed by atoms with van der Waals surface area (Å²) in [5.74, 6) is 1.51. The molecule has 3 rings (SSSR count). The maximum absolute atomic E-state index is 6.23. The molecule has 0 saturated carbocycles. The first-order valence-electron chi connectivity index (χ1n) is 6.12. The molecule has 0 bridgehead atoms. The second-order valence-electron chi connectivity index (χ2n) is 4.48. The minimum absolute atomic E-state index is 0.0953. The molecular weight excluding hydrogens is 363 g/mol. The molecule has 0 saturated heterocycles. The quantitative estimate of drug-likeness (QED) is 0.667. The van der Waals surface area contributed by atoms with Gasteiger partial charge < -0.3 is 9.47 Å². The van der Waals surface area contributed by atoms with E-state index < -0.39 is 0 Å². The van der Waals surface area contributed by atoms with Gasteiger partial charge in [-0.3, -0.25) is 0 Å². The van der Waals surface area contributed by atoms with Gasteiger partial charge in [0.25, 0.3) is 0 Å². The van der Waals surface area contributed by atoms with E-state index >= 15 is 0 Å². The number of rotatable bonds is 2. The van der Waals surface area contributed by atoms with Gasteiger partial charge in [0.05, 0.1) is 4.83 Å². The van der Waals surface area contributed by atoms with Gasteiger partial charge in [0, 0.05) is 10.0 Å². The van der Waals surface area contributed by atoms with Crippen molar-refractivity contribution in [3.63, 3.8) is 0 Å². The van der Waals surface area contributed by atoms with E-state index in [9.17, 15) is 0 Å². The van der Waals surface area contributed by atoms with Crippen molar-refractivity contribution in [2.24, 2.45) is 0 Å². The van der Waals surface area contributed by atoms with Gasteiger partial charge in [-0.05, 0) is 35.9 Å². The van der Waals surface area contributed by atoms with Gasteiger partial charge in [0.15, 0.2) is 11.5 Å². The molecular formula is C15H11BrCl2O2. The van der Waals surface area contributed by atoms with Crippen molar-refractivity contribution >= 4 is 39.1 Å². The Labute approximate surface area is 135 Å². The first-order chi connectivity index (χ1) is 9.65. The summed E-state index contributed by atoms with van der Waals surface area (Å²) in [6.45, 7) is 0.454. The van der Waals surface area contributed by atoms with Gasteiger partial charge in [0.2, 0.25) is 0 Å². The molecule has 1 aliphatic heterocycles. The van der Waals surface area contributed by atoms with Gasteiger partial charge >= 0.3 is 0 Å². The zero-order valence-corrected chi connectivity index (χ0v) is 13.5. The third-order valence-electron chi connectivity index (χ3n) is 3.11. The van der Waals surface area contributed by atoms with E-state index in [4.69, 9.17) is 32.7 Å². The van der Waals surface area contributed by atoms with Crippen LogP contribution in [0.5, 0.6) is 11.5 Å². The standard InChI is InChI=1S/C15H11BrCl2O2/c16-15(10-7-9(17)5-6-11(10)18)14-8-19-12-3-1-2-4-13(12)20-14/h1-7,14-15H,8H2. The molecule has 2 unspecified atom stereocenters. The molecule has 0 N–H and O–H groups in total. The van der Waals surface area contributed by atoms with Crippen LogP contribution in [-0.4, -0.2) is 12.7 Å². The van der Waals surface area contributed by atoms with Crippen molar-refractivity contribution in [2.75, 3.05) is 6.61 Å². The van der Waals surface area contributed by atoms with Crippen molar-refractivity contribution in [1.82, 2.24) is 0 Å². The number of halogens is 3. The van der Waals surface area contributed by atoms with Crippen LogP contribution in [-0.2, 0) is 0 Å². The fraction of sp³-hybridized carbons (Fsp3) is 0.200. The molecule has 0 radical (unpaired) electrons. The highest BCUT2D eigenvalue weighted by Gasteiger charge is 2.29. The molecule has 2 aromatic carbocycles. The maximum Gasteiger partial charge on any atom is 0.161 e. The van der Waals surface area contributed by atoms with E-state index in [2.05, 4.69) is 15.9 Å². The molecule has 0 fully saturated rings. The first kappa shape index (κ1) is 14.1. The zero-order chi connectivity index (χ0) is 14.1. The lowest BCUT2D eigenvalue weighted by Gasteiger charge is -2.30. The van der Waals surface area contributed by atoms with E-state index in [0.717, 1.165) is 17.1 Å². The largest absolute Gasteiger partial charge is 0.486 e. The molecule has 0 spiro atoms. The van der Waals surface area contributed by atoms with Crippen LogP contribution in [0.3, 0.4) is 0 Å². The van der Waals surface area contributed by atoms with Crippen LogP contribution in [0, 0.1) is 0 Å². The fourth-order valence-electron chi connectivity index (χ4n) is 2.11. The second kappa shape index (κ2) is 5.84. The van der Waals surface area contributed by atoms with Gasteiger partial charge in [0.1, 0.15) is 12.7 Å². The summed E-state index contributed by atoms with van der Waals surface area (Å²) in [7, 11) is 0. The predicted molar refractivity (Wildman–Crippen MR) is 84.5 cm³/mol. The van der Waals surface area contributed by atoms with E-state index in [1.165, 1.54) is 0 Å². The summed E-state index contributed by atoms with van der Waals surface area (Å²) in [6, 6.07) is 13.0. The van der Waals surface area contributed by atoms with Gasteiger partial charge in [-0.15, -0.1) is 0 Å². The van der Waals surface area contributed by atoms with Crippen LogP contribution in [0.25, 0.3) is 0 Å². The molecule has 1 heterocycles. The molecule has 20 heavy (non-hydrogen) atoms. The third kappa shape index (κ3) is 2.76. The molecule has 0 aliphatic carbocycles. The number of ether oxygens (including phenoxy) is 2. The predicted octanol–water partition coefficient (Wildman–Crippen LogP) is 5.27. The Kier molecular flexibility index (Phi) is 4.11. The highest BCUT2D eigenvalue weighted by atomic mass is 79.9. The number of alkyl halides is 1. The number of hydrogen-bond acceptors (Lipinski definition) is 2. The zero-order valence-electron chi connectivity index (χ0n) is 10.4. The third-order valence-corrected chi connectivity index (χ3v) is 4.77. The molecule has 104 valence electrons. The van der Waals surface area contributed by atoms with Crippen molar-refractivity contribution in [3.8, 4) is 11.5 Å². The summed E-state index contributed by atoms with van der Waals surface area (Å²) >= 11 is 15.9. The lowest BCUT2D eigenvalue weighted by molar-refractivity contribution is 0.0905. The van der Waals surface area contributed by atoms with E-state index in [1.54, 1.807) is 12.1 Å². The SMILES string of the molecule is Clc1ccc(Cl)c(C(Br)C2COc3ccccc3O2)c1. The molecule has 2 aromatic rings. The number of hydrogen-bond donors (Lipinski definition) is 0.